The van der Waals surface area contributed by atoms with E-state index in [1.165, 1.54) is 26.0 Å². The monoisotopic (exact) mass is 409 g/mol. The fourth-order valence-electron chi connectivity index (χ4n) is 2.58. The number of ether oxygens (including phenoxy) is 1. The van der Waals surface area contributed by atoms with E-state index in [2.05, 4.69) is 10.4 Å². The molecule has 1 saturated carbocycles. The van der Waals surface area contributed by atoms with E-state index in [1.807, 2.05) is 0 Å². The van der Waals surface area contributed by atoms with E-state index in [1.54, 1.807) is 0 Å². The average Bonchev–Trinajstić information content (AvgIpc) is 3.45. The third-order valence-electron chi connectivity index (χ3n) is 4.30. The minimum absolute atomic E-state index is 0.0194. The minimum atomic E-state index is -4.56. The van der Waals surface area contributed by atoms with Gasteiger partial charge in [0.1, 0.15) is 0 Å². The molecule has 1 heterocycles. The fourth-order valence-corrected chi connectivity index (χ4v) is 2.58. The van der Waals surface area contributed by atoms with E-state index in [-0.39, 0.29) is 17.4 Å². The topological polar surface area (TPSA) is 90.3 Å². The first-order valence-corrected chi connectivity index (χ1v) is 8.86. The molecule has 0 radical (unpaired) electrons. The van der Waals surface area contributed by atoms with Gasteiger partial charge in [-0.1, -0.05) is 6.07 Å². The summed E-state index contributed by atoms with van der Waals surface area (Å²) in [4.78, 5) is 36.4. The van der Waals surface area contributed by atoms with Gasteiger partial charge in [0.25, 0.3) is 5.91 Å². The molecule has 7 nitrogen and oxygen atoms in total. The third-order valence-corrected chi connectivity index (χ3v) is 4.30. The molecule has 0 saturated heterocycles. The maximum absolute atomic E-state index is 13.0. The number of aryl methyl sites for hydroxylation is 1. The van der Waals surface area contributed by atoms with Crippen LogP contribution in [-0.2, 0) is 15.7 Å². The number of halogens is 3. The summed E-state index contributed by atoms with van der Waals surface area (Å²) in [6, 6.07) is 5.44. The van der Waals surface area contributed by atoms with Gasteiger partial charge in [-0.05, 0) is 44.9 Å². The van der Waals surface area contributed by atoms with Gasteiger partial charge < -0.3 is 10.1 Å². The average molecular weight is 409 g/mol. The smallest absolute Gasteiger partial charge is 0.416 e. The number of esters is 1. The largest absolute Gasteiger partial charge is 0.448 e. The normalized spacial score (nSPS) is 14.9. The van der Waals surface area contributed by atoms with E-state index in [0.29, 0.717) is 0 Å². The maximum atomic E-state index is 13.0. The number of nitrogens with one attached hydrogen (secondary N) is 1. The predicted octanol–water partition coefficient (Wildman–Crippen LogP) is 2.38. The zero-order valence-electron chi connectivity index (χ0n) is 15.6. The molecule has 154 valence electrons. The lowest BCUT2D eigenvalue weighted by molar-refractivity contribution is -0.137. The molecule has 1 aromatic carbocycles. The molecule has 29 heavy (non-hydrogen) atoms. The maximum Gasteiger partial charge on any atom is 0.416 e. The summed E-state index contributed by atoms with van der Waals surface area (Å²) in [6.45, 7) is 2.82. The van der Waals surface area contributed by atoms with Crippen molar-refractivity contribution in [2.75, 3.05) is 0 Å². The number of amides is 1. The number of carbonyl (C=O) groups is 2. The van der Waals surface area contributed by atoms with Gasteiger partial charge in [0.2, 0.25) is 11.1 Å². The van der Waals surface area contributed by atoms with Crippen LogP contribution in [0, 0.1) is 6.92 Å². The first-order chi connectivity index (χ1) is 13.6. The molecule has 1 amide bonds. The Morgan fingerprint density at radius 3 is 2.59 bits per heavy atom. The predicted molar refractivity (Wildman–Crippen MR) is 95.6 cm³/mol. The van der Waals surface area contributed by atoms with Crippen molar-refractivity contribution in [2.24, 2.45) is 0 Å². The fraction of sp³-hybridized carbons (Fsp3) is 0.368. The molecule has 0 aliphatic heterocycles. The molecule has 1 atom stereocenters. The number of alkyl halides is 3. The van der Waals surface area contributed by atoms with E-state index >= 15 is 0 Å². The van der Waals surface area contributed by atoms with Gasteiger partial charge in [-0.15, -0.1) is 0 Å². The van der Waals surface area contributed by atoms with Crippen LogP contribution < -0.4 is 10.7 Å². The molecule has 3 rings (SSSR count). The Labute approximate surface area is 163 Å². The number of hydrogen-bond donors (Lipinski definition) is 1. The molecule has 0 bridgehead atoms. The van der Waals surface area contributed by atoms with Crippen LogP contribution in [0.15, 0.2) is 35.1 Å². The Bertz CT molecular complexity index is 1010. The molecule has 0 spiro atoms. The molecule has 2 aromatic rings. The van der Waals surface area contributed by atoms with Gasteiger partial charge in [-0.3, -0.25) is 9.59 Å². The van der Waals surface area contributed by atoms with Crippen LogP contribution in [0.5, 0.6) is 0 Å². The Balaban J connectivity index is 1.88. The summed E-state index contributed by atoms with van der Waals surface area (Å²) in [5.41, 5.74) is -2.04. The number of carbonyl (C=O) groups excluding carboxylic acids is 2. The number of aromatic nitrogens is 2. The van der Waals surface area contributed by atoms with Crippen LogP contribution in [-0.4, -0.2) is 33.8 Å². The minimum Gasteiger partial charge on any atom is -0.448 e. The van der Waals surface area contributed by atoms with Crippen LogP contribution >= 0.6 is 0 Å². The van der Waals surface area contributed by atoms with E-state index < -0.39 is 40.8 Å². The lowest BCUT2D eigenvalue weighted by Gasteiger charge is -2.15. The Morgan fingerprint density at radius 1 is 1.28 bits per heavy atom. The van der Waals surface area contributed by atoms with Crippen molar-refractivity contribution in [3.05, 3.63) is 57.5 Å². The van der Waals surface area contributed by atoms with Crippen LogP contribution in [0.25, 0.3) is 5.69 Å². The first kappa shape index (κ1) is 20.6. The number of hydrogen-bond acceptors (Lipinski definition) is 5. The molecule has 1 N–H and O–H groups in total. The number of benzene rings is 1. The molecular formula is C19H18F3N3O4. The lowest BCUT2D eigenvalue weighted by atomic mass is 10.2. The van der Waals surface area contributed by atoms with Crippen molar-refractivity contribution in [3.63, 3.8) is 0 Å². The molecular weight excluding hydrogens is 391 g/mol. The molecule has 0 unspecified atom stereocenters. The second-order valence-corrected chi connectivity index (χ2v) is 6.79. The third kappa shape index (κ3) is 4.82. The second kappa shape index (κ2) is 7.69. The molecule has 10 heteroatoms. The van der Waals surface area contributed by atoms with Crippen molar-refractivity contribution < 1.29 is 27.5 Å². The Morgan fingerprint density at radius 2 is 1.97 bits per heavy atom. The van der Waals surface area contributed by atoms with Crippen LogP contribution in [0.4, 0.5) is 13.2 Å². The lowest BCUT2D eigenvalue weighted by Crippen LogP contribution is -2.38. The highest BCUT2D eigenvalue weighted by atomic mass is 19.4. The van der Waals surface area contributed by atoms with Gasteiger partial charge in [0.15, 0.2) is 6.10 Å². The van der Waals surface area contributed by atoms with Crippen LogP contribution in [0.2, 0.25) is 0 Å². The molecule has 1 fully saturated rings. The standard InChI is InChI=1S/C19H18F3N3O4/c1-10-8-15(26)16(18(28)29-11(2)17(27)23-13-6-7-13)24-25(10)14-5-3-4-12(9-14)19(20,21)22/h3-5,8-9,11,13H,6-7H2,1-2H3,(H,23,27)/t11-/m0/s1. The Kier molecular flexibility index (Phi) is 5.45. The zero-order chi connectivity index (χ0) is 21.3. The SMILES string of the molecule is Cc1cc(=O)c(C(=O)O[C@@H](C)C(=O)NC2CC2)nn1-c1cccc(C(F)(F)F)c1. The van der Waals surface area contributed by atoms with Gasteiger partial charge in [-0.25, -0.2) is 9.48 Å². The molecule has 1 aliphatic rings. The van der Waals surface area contributed by atoms with Crippen LogP contribution in [0.3, 0.4) is 0 Å². The van der Waals surface area contributed by atoms with Crippen LogP contribution in [0.1, 0.15) is 41.5 Å². The second-order valence-electron chi connectivity index (χ2n) is 6.79. The van der Waals surface area contributed by atoms with E-state index in [9.17, 15) is 27.6 Å². The van der Waals surface area contributed by atoms with E-state index in [0.717, 1.165) is 35.7 Å². The highest BCUT2D eigenvalue weighted by Gasteiger charge is 2.31. The van der Waals surface area contributed by atoms with Crippen molar-refractivity contribution in [2.45, 2.75) is 45.0 Å². The van der Waals surface area contributed by atoms with Crippen molar-refractivity contribution >= 4 is 11.9 Å². The quantitative estimate of drug-likeness (QED) is 0.766. The first-order valence-electron chi connectivity index (χ1n) is 8.86. The summed E-state index contributed by atoms with van der Waals surface area (Å²) in [7, 11) is 0. The van der Waals surface area contributed by atoms with E-state index in [4.69, 9.17) is 4.74 Å². The summed E-state index contributed by atoms with van der Waals surface area (Å²) >= 11 is 0. The van der Waals surface area contributed by atoms with Gasteiger partial charge in [0, 0.05) is 17.8 Å². The highest BCUT2D eigenvalue weighted by molar-refractivity contribution is 5.90. The highest BCUT2D eigenvalue weighted by Crippen LogP contribution is 2.30. The van der Waals surface area contributed by atoms with Gasteiger partial charge >= 0.3 is 12.1 Å². The van der Waals surface area contributed by atoms with Crippen molar-refractivity contribution in [3.8, 4) is 5.69 Å². The molecule has 1 aromatic heterocycles. The van der Waals surface area contributed by atoms with Crippen molar-refractivity contribution in [1.29, 1.82) is 0 Å². The number of rotatable bonds is 5. The Hall–Kier alpha value is -3.17. The summed E-state index contributed by atoms with van der Waals surface area (Å²) in [6.07, 6.45) is -4.00. The number of nitrogens with zero attached hydrogens (tertiary/aromatic N) is 2. The summed E-state index contributed by atoms with van der Waals surface area (Å²) < 4.78 is 45.0. The molecule has 1 aliphatic carbocycles. The van der Waals surface area contributed by atoms with Gasteiger partial charge in [0.05, 0.1) is 11.3 Å². The van der Waals surface area contributed by atoms with Crippen molar-refractivity contribution in [1.82, 2.24) is 15.1 Å². The summed E-state index contributed by atoms with van der Waals surface area (Å²) in [5.74, 6) is -1.62. The zero-order valence-corrected chi connectivity index (χ0v) is 15.6. The summed E-state index contributed by atoms with van der Waals surface area (Å²) in [5, 5.41) is 6.55. The van der Waals surface area contributed by atoms with Gasteiger partial charge in [-0.2, -0.15) is 18.3 Å².